The molecule has 2 aromatic rings. The van der Waals surface area contributed by atoms with Gasteiger partial charge in [-0.25, -0.2) is 0 Å². The van der Waals surface area contributed by atoms with Crippen molar-refractivity contribution in [1.29, 1.82) is 0 Å². The van der Waals surface area contributed by atoms with Crippen molar-refractivity contribution < 1.29 is 9.26 Å². The van der Waals surface area contributed by atoms with Crippen LogP contribution in [-0.2, 0) is 6.54 Å². The Morgan fingerprint density at radius 2 is 1.88 bits per heavy atom. The molecule has 2 fully saturated rings. The topological polar surface area (TPSA) is 41.7 Å². The number of fused-ring (bicyclic) bond motifs is 1. The third-order valence-corrected chi connectivity index (χ3v) is 5.99. The fraction of sp³-hybridized carbons (Fsp3) is 0.550. The quantitative estimate of drug-likeness (QED) is 0.816. The zero-order valence-corrected chi connectivity index (χ0v) is 16.8. The second kappa shape index (κ2) is 7.59. The zero-order valence-electron chi connectivity index (χ0n) is 15.9. The summed E-state index contributed by atoms with van der Waals surface area (Å²) in [5.41, 5.74) is 3.68. The van der Waals surface area contributed by atoms with Gasteiger partial charge in [0.15, 0.2) is 0 Å². The van der Waals surface area contributed by atoms with Crippen LogP contribution in [0.4, 0.5) is 0 Å². The van der Waals surface area contributed by atoms with Gasteiger partial charge in [0.05, 0.1) is 12.8 Å². The van der Waals surface area contributed by atoms with Crippen LogP contribution in [0.5, 0.6) is 5.75 Å². The van der Waals surface area contributed by atoms with Gasteiger partial charge in [-0.1, -0.05) is 17.3 Å². The Kier molecular flexibility index (Phi) is 5.61. The van der Waals surface area contributed by atoms with E-state index in [1.54, 1.807) is 7.11 Å². The summed E-state index contributed by atoms with van der Waals surface area (Å²) in [6, 6.07) is 9.09. The molecule has 3 heterocycles. The van der Waals surface area contributed by atoms with E-state index in [0.29, 0.717) is 12.0 Å². The van der Waals surface area contributed by atoms with Crippen molar-refractivity contribution in [1.82, 2.24) is 15.0 Å². The maximum absolute atomic E-state index is 5.33. The van der Waals surface area contributed by atoms with Gasteiger partial charge >= 0.3 is 0 Å². The number of aryl methyl sites for hydroxylation is 2. The van der Waals surface area contributed by atoms with Crippen molar-refractivity contribution in [2.45, 2.75) is 26.4 Å². The van der Waals surface area contributed by atoms with E-state index >= 15 is 0 Å². The fourth-order valence-corrected chi connectivity index (χ4v) is 4.73. The molecule has 0 unspecified atom stereocenters. The molecule has 2 aliphatic rings. The first kappa shape index (κ1) is 19.2. The highest BCUT2D eigenvalue weighted by atomic mass is 35.5. The van der Waals surface area contributed by atoms with E-state index in [4.69, 9.17) is 9.26 Å². The second-order valence-electron chi connectivity index (χ2n) is 7.58. The van der Waals surface area contributed by atoms with Crippen LogP contribution in [0.1, 0.15) is 28.6 Å². The smallest absolute Gasteiger partial charge is 0.138 e. The first-order valence-corrected chi connectivity index (χ1v) is 9.05. The Morgan fingerprint density at radius 3 is 2.50 bits per heavy atom. The van der Waals surface area contributed by atoms with E-state index in [-0.39, 0.29) is 12.4 Å². The average molecular weight is 378 g/mol. The van der Waals surface area contributed by atoms with E-state index in [0.717, 1.165) is 42.8 Å². The number of benzene rings is 1. The summed E-state index contributed by atoms with van der Waals surface area (Å²) in [5, 5.41) is 4.10. The summed E-state index contributed by atoms with van der Waals surface area (Å²) in [5.74, 6) is 3.29. The Bertz CT molecular complexity index is 727. The molecule has 1 aromatic heterocycles. The molecule has 2 saturated heterocycles. The molecule has 0 spiro atoms. The Balaban J connectivity index is 0.00000196. The molecule has 5 nitrogen and oxygen atoms in total. The lowest BCUT2D eigenvalue weighted by molar-refractivity contribution is 0.223. The summed E-state index contributed by atoms with van der Waals surface area (Å²) in [6.07, 6.45) is 0. The van der Waals surface area contributed by atoms with E-state index < -0.39 is 0 Å². The lowest BCUT2D eigenvalue weighted by Crippen LogP contribution is -2.29. The minimum Gasteiger partial charge on any atom is -0.497 e. The predicted octanol–water partition coefficient (Wildman–Crippen LogP) is 3.46. The van der Waals surface area contributed by atoms with Gasteiger partial charge in [-0.05, 0) is 50.4 Å². The lowest BCUT2D eigenvalue weighted by atomic mass is 9.89. The minimum absolute atomic E-state index is 0. The average Bonchev–Trinajstić information content (AvgIpc) is 3.23. The Labute approximate surface area is 161 Å². The van der Waals surface area contributed by atoms with Gasteiger partial charge < -0.3 is 9.26 Å². The van der Waals surface area contributed by atoms with Crippen LogP contribution in [0.25, 0.3) is 0 Å². The summed E-state index contributed by atoms with van der Waals surface area (Å²) < 4.78 is 10.6. The van der Waals surface area contributed by atoms with Crippen LogP contribution >= 0.6 is 12.4 Å². The zero-order chi connectivity index (χ0) is 17.6. The molecular weight excluding hydrogens is 350 g/mol. The molecule has 2 aliphatic heterocycles. The SMILES string of the molecule is COc1ccc([C@@H]2[C@@H]3CN(Cc4c(C)noc4C)C[C@@H]3CN2C)cc1.Cl. The molecule has 6 heteroatoms. The molecule has 4 rings (SSSR count). The van der Waals surface area contributed by atoms with Gasteiger partial charge in [0.2, 0.25) is 0 Å². The molecule has 0 radical (unpaired) electrons. The predicted molar refractivity (Wildman–Crippen MR) is 104 cm³/mol. The minimum atomic E-state index is 0. The molecule has 1 aromatic carbocycles. The largest absolute Gasteiger partial charge is 0.497 e. The number of halogens is 1. The van der Waals surface area contributed by atoms with Crippen LogP contribution < -0.4 is 4.74 Å². The summed E-state index contributed by atoms with van der Waals surface area (Å²) in [7, 11) is 3.97. The van der Waals surface area contributed by atoms with Crippen molar-refractivity contribution in [3.8, 4) is 5.75 Å². The number of nitrogens with zero attached hydrogens (tertiary/aromatic N) is 3. The Morgan fingerprint density at radius 1 is 1.15 bits per heavy atom. The fourth-order valence-electron chi connectivity index (χ4n) is 4.73. The standard InChI is InChI=1S/C20H27N3O2.ClH/c1-13-18(14(2)25-21-13)11-23-10-16-9-22(3)20(19(16)12-23)15-5-7-17(24-4)8-6-15;/h5-8,16,19-20H,9-12H2,1-4H3;1H/t16-,19+,20+;/m0./s1. The molecule has 26 heavy (non-hydrogen) atoms. The second-order valence-corrected chi connectivity index (χ2v) is 7.58. The number of hydrogen-bond donors (Lipinski definition) is 0. The van der Waals surface area contributed by atoms with Gasteiger partial charge in [-0.15, -0.1) is 12.4 Å². The number of likely N-dealkylation sites (tertiary alicyclic amines) is 2. The van der Waals surface area contributed by atoms with E-state index in [9.17, 15) is 0 Å². The van der Waals surface area contributed by atoms with Crippen LogP contribution in [0.2, 0.25) is 0 Å². The molecule has 0 N–H and O–H groups in total. The summed E-state index contributed by atoms with van der Waals surface area (Å²) >= 11 is 0. The normalized spacial score (nSPS) is 25.9. The summed E-state index contributed by atoms with van der Waals surface area (Å²) in [4.78, 5) is 5.09. The maximum atomic E-state index is 5.33. The molecule has 0 bridgehead atoms. The lowest BCUT2D eigenvalue weighted by Gasteiger charge is -2.27. The third kappa shape index (κ3) is 3.36. The number of rotatable bonds is 4. The molecular formula is C20H28ClN3O2. The van der Waals surface area contributed by atoms with Crippen molar-refractivity contribution in [3.63, 3.8) is 0 Å². The van der Waals surface area contributed by atoms with Gasteiger partial charge in [0.1, 0.15) is 11.5 Å². The van der Waals surface area contributed by atoms with E-state index in [2.05, 4.69) is 46.3 Å². The summed E-state index contributed by atoms with van der Waals surface area (Å²) in [6.45, 7) is 8.46. The first-order valence-electron chi connectivity index (χ1n) is 9.05. The Hall–Kier alpha value is -1.56. The van der Waals surface area contributed by atoms with Crippen molar-refractivity contribution in [2.75, 3.05) is 33.8 Å². The molecule has 0 saturated carbocycles. The van der Waals surface area contributed by atoms with Gasteiger partial charge in [-0.2, -0.15) is 0 Å². The van der Waals surface area contributed by atoms with Crippen molar-refractivity contribution in [2.24, 2.45) is 11.8 Å². The van der Waals surface area contributed by atoms with Crippen LogP contribution in [0.15, 0.2) is 28.8 Å². The number of ether oxygens (including phenoxy) is 1. The maximum Gasteiger partial charge on any atom is 0.138 e. The highest BCUT2D eigenvalue weighted by Gasteiger charge is 2.46. The van der Waals surface area contributed by atoms with Crippen LogP contribution in [0.3, 0.4) is 0 Å². The van der Waals surface area contributed by atoms with Crippen LogP contribution in [-0.4, -0.2) is 48.7 Å². The molecule has 3 atom stereocenters. The molecule has 0 aliphatic carbocycles. The number of aromatic nitrogens is 1. The monoisotopic (exact) mass is 377 g/mol. The highest BCUT2D eigenvalue weighted by molar-refractivity contribution is 5.85. The molecule has 0 amide bonds. The van der Waals surface area contributed by atoms with Crippen molar-refractivity contribution >= 4 is 12.4 Å². The van der Waals surface area contributed by atoms with E-state index in [1.807, 2.05) is 13.8 Å². The van der Waals surface area contributed by atoms with Gasteiger partial charge in [0, 0.05) is 37.8 Å². The van der Waals surface area contributed by atoms with Gasteiger partial charge in [-0.3, -0.25) is 9.80 Å². The van der Waals surface area contributed by atoms with Crippen molar-refractivity contribution in [3.05, 3.63) is 46.8 Å². The van der Waals surface area contributed by atoms with Gasteiger partial charge in [0.25, 0.3) is 0 Å². The first-order chi connectivity index (χ1) is 12.1. The number of methoxy groups -OCH3 is 1. The van der Waals surface area contributed by atoms with E-state index in [1.165, 1.54) is 17.7 Å². The highest BCUT2D eigenvalue weighted by Crippen LogP contribution is 2.44. The third-order valence-electron chi connectivity index (χ3n) is 5.99. The molecule has 142 valence electrons. The number of hydrogen-bond acceptors (Lipinski definition) is 5. The van der Waals surface area contributed by atoms with Crippen LogP contribution in [0, 0.1) is 25.7 Å².